The Morgan fingerprint density at radius 2 is 2.55 bits per heavy atom. The van der Waals surface area contributed by atoms with Crippen LogP contribution in [0.15, 0.2) is 29.8 Å². The number of ketones is 1. The van der Waals surface area contributed by atoms with Gasteiger partial charge in [0.15, 0.2) is 5.78 Å². The number of nitrogens with one attached hydrogen (secondary N) is 1. The Balaban J connectivity index is 2.64. The first-order valence-corrected chi connectivity index (χ1v) is 4.14. The zero-order valence-electron chi connectivity index (χ0n) is 6.20. The predicted molar refractivity (Wildman–Crippen MR) is 46.8 cm³/mol. The molecule has 0 spiro atoms. The minimum Gasteiger partial charge on any atom is -0.394 e. The van der Waals surface area contributed by atoms with E-state index in [1.54, 1.807) is 13.2 Å². The molecule has 11 heavy (non-hydrogen) atoms. The maximum atomic E-state index is 11.1. The zero-order valence-corrected chi connectivity index (χ0v) is 7.02. The summed E-state index contributed by atoms with van der Waals surface area (Å²) in [5, 5.41) is 4.65. The van der Waals surface area contributed by atoms with Gasteiger partial charge in [-0.25, -0.2) is 0 Å². The van der Waals surface area contributed by atoms with Crippen molar-refractivity contribution in [2.45, 2.75) is 0 Å². The molecule has 1 N–H and O–H groups in total. The van der Waals surface area contributed by atoms with E-state index in [-0.39, 0.29) is 5.78 Å². The summed E-state index contributed by atoms with van der Waals surface area (Å²) in [5.41, 5.74) is 0. The average Bonchev–Trinajstić information content (AvgIpc) is 2.52. The first kappa shape index (κ1) is 8.01. The summed E-state index contributed by atoms with van der Waals surface area (Å²) in [6.45, 7) is 0. The molecule has 58 valence electrons. The quantitative estimate of drug-likeness (QED) is 0.548. The van der Waals surface area contributed by atoms with E-state index in [9.17, 15) is 4.79 Å². The second kappa shape index (κ2) is 3.93. The summed E-state index contributed by atoms with van der Waals surface area (Å²) in [5.74, 6) is 0.0503. The lowest BCUT2D eigenvalue weighted by atomic mass is 10.3. The van der Waals surface area contributed by atoms with Gasteiger partial charge in [-0.3, -0.25) is 4.79 Å². The highest BCUT2D eigenvalue weighted by molar-refractivity contribution is 7.12. The summed E-state index contributed by atoms with van der Waals surface area (Å²) in [6.07, 6.45) is 3.15. The maximum absolute atomic E-state index is 11.1. The molecule has 0 aliphatic heterocycles. The van der Waals surface area contributed by atoms with Crippen LogP contribution in [-0.2, 0) is 0 Å². The lowest BCUT2D eigenvalue weighted by Crippen LogP contribution is -1.96. The number of hydrogen-bond acceptors (Lipinski definition) is 3. The first-order valence-electron chi connectivity index (χ1n) is 3.26. The molecule has 2 nitrogen and oxygen atoms in total. The highest BCUT2D eigenvalue weighted by Gasteiger charge is 1.99. The normalized spacial score (nSPS) is 10.3. The van der Waals surface area contributed by atoms with Gasteiger partial charge in [0.25, 0.3) is 0 Å². The summed E-state index contributed by atoms with van der Waals surface area (Å²) >= 11 is 1.45. The Hall–Kier alpha value is -1.09. The van der Waals surface area contributed by atoms with E-state index < -0.39 is 0 Å². The number of rotatable bonds is 3. The van der Waals surface area contributed by atoms with Gasteiger partial charge in [-0.15, -0.1) is 11.3 Å². The number of carbonyl (C=O) groups excluding carboxylic acids is 1. The highest BCUT2D eigenvalue weighted by Crippen LogP contribution is 2.09. The van der Waals surface area contributed by atoms with Crippen molar-refractivity contribution >= 4 is 17.1 Å². The SMILES string of the molecule is CN/C=C/C(=O)c1cccs1. The standard InChI is InChI=1S/C8H9NOS/c1-9-5-4-7(10)8-3-2-6-11-8/h2-6,9H,1H3/b5-4+. The Morgan fingerprint density at radius 1 is 1.73 bits per heavy atom. The topological polar surface area (TPSA) is 29.1 Å². The van der Waals surface area contributed by atoms with Crippen LogP contribution in [0.2, 0.25) is 0 Å². The van der Waals surface area contributed by atoms with Crippen molar-refractivity contribution in [3.8, 4) is 0 Å². The second-order valence-corrected chi connectivity index (χ2v) is 2.91. The Bertz CT molecular complexity index is 251. The van der Waals surface area contributed by atoms with Crippen LogP contribution in [0.25, 0.3) is 0 Å². The molecule has 3 heteroatoms. The molecule has 0 atom stereocenters. The van der Waals surface area contributed by atoms with Crippen LogP contribution in [0, 0.1) is 0 Å². The van der Waals surface area contributed by atoms with Crippen LogP contribution >= 0.6 is 11.3 Å². The molecule has 0 amide bonds. The van der Waals surface area contributed by atoms with Crippen LogP contribution in [-0.4, -0.2) is 12.8 Å². The van der Waals surface area contributed by atoms with E-state index in [1.807, 2.05) is 17.5 Å². The van der Waals surface area contributed by atoms with Crippen LogP contribution in [0.5, 0.6) is 0 Å². The van der Waals surface area contributed by atoms with E-state index in [0.29, 0.717) is 0 Å². The van der Waals surface area contributed by atoms with Gasteiger partial charge in [-0.1, -0.05) is 6.07 Å². The highest BCUT2D eigenvalue weighted by atomic mass is 32.1. The van der Waals surface area contributed by atoms with Gasteiger partial charge in [0.2, 0.25) is 0 Å². The molecule has 0 saturated heterocycles. The molecule has 1 aromatic heterocycles. The Morgan fingerprint density at radius 3 is 3.09 bits per heavy atom. The van der Waals surface area contributed by atoms with Crippen LogP contribution in [0.1, 0.15) is 9.67 Å². The maximum Gasteiger partial charge on any atom is 0.197 e. The second-order valence-electron chi connectivity index (χ2n) is 1.96. The summed E-state index contributed by atoms with van der Waals surface area (Å²) in [4.78, 5) is 11.9. The fourth-order valence-electron chi connectivity index (χ4n) is 0.660. The largest absolute Gasteiger partial charge is 0.394 e. The molecule has 0 saturated carbocycles. The van der Waals surface area contributed by atoms with E-state index in [0.717, 1.165) is 4.88 Å². The van der Waals surface area contributed by atoms with Crippen molar-refractivity contribution in [3.63, 3.8) is 0 Å². The number of carbonyl (C=O) groups is 1. The molecule has 0 aromatic carbocycles. The van der Waals surface area contributed by atoms with Crippen LogP contribution in [0.3, 0.4) is 0 Å². The number of allylic oxidation sites excluding steroid dienone is 1. The molecule has 0 fully saturated rings. The fourth-order valence-corrected chi connectivity index (χ4v) is 1.30. The smallest absolute Gasteiger partial charge is 0.197 e. The third-order valence-electron chi connectivity index (χ3n) is 1.17. The van der Waals surface area contributed by atoms with Crippen molar-refractivity contribution in [3.05, 3.63) is 34.7 Å². The molecule has 0 unspecified atom stereocenters. The molecule has 0 bridgehead atoms. The summed E-state index contributed by atoms with van der Waals surface area (Å²) in [7, 11) is 1.76. The van der Waals surface area contributed by atoms with E-state index in [1.165, 1.54) is 17.4 Å². The van der Waals surface area contributed by atoms with Crippen molar-refractivity contribution < 1.29 is 4.79 Å². The molecular weight excluding hydrogens is 158 g/mol. The molecule has 1 rings (SSSR count). The molecular formula is C8H9NOS. The minimum atomic E-state index is 0.0503. The number of hydrogen-bond donors (Lipinski definition) is 1. The van der Waals surface area contributed by atoms with E-state index in [2.05, 4.69) is 5.32 Å². The predicted octanol–water partition coefficient (Wildman–Crippen LogP) is 1.66. The van der Waals surface area contributed by atoms with E-state index >= 15 is 0 Å². The molecule has 0 radical (unpaired) electrons. The van der Waals surface area contributed by atoms with Gasteiger partial charge < -0.3 is 5.32 Å². The van der Waals surface area contributed by atoms with Crippen molar-refractivity contribution in [2.75, 3.05) is 7.05 Å². The lowest BCUT2D eigenvalue weighted by molar-refractivity contribution is 0.105. The Labute approximate surface area is 69.6 Å². The monoisotopic (exact) mass is 167 g/mol. The molecule has 0 aliphatic rings. The van der Waals surface area contributed by atoms with Crippen molar-refractivity contribution in [2.24, 2.45) is 0 Å². The summed E-state index contributed by atoms with van der Waals surface area (Å²) in [6, 6.07) is 3.68. The van der Waals surface area contributed by atoms with Gasteiger partial charge >= 0.3 is 0 Å². The molecule has 1 heterocycles. The average molecular weight is 167 g/mol. The third kappa shape index (κ3) is 2.20. The third-order valence-corrected chi connectivity index (χ3v) is 2.05. The Kier molecular flexibility index (Phi) is 2.86. The van der Waals surface area contributed by atoms with Gasteiger partial charge in [0, 0.05) is 19.3 Å². The summed E-state index contributed by atoms with van der Waals surface area (Å²) < 4.78 is 0. The molecule has 1 aromatic rings. The number of thiophene rings is 1. The fraction of sp³-hybridized carbons (Fsp3) is 0.125. The van der Waals surface area contributed by atoms with Crippen molar-refractivity contribution in [1.82, 2.24) is 5.32 Å². The van der Waals surface area contributed by atoms with Crippen LogP contribution < -0.4 is 5.32 Å². The lowest BCUT2D eigenvalue weighted by Gasteiger charge is -1.86. The first-order chi connectivity index (χ1) is 5.34. The minimum absolute atomic E-state index is 0.0503. The van der Waals surface area contributed by atoms with Gasteiger partial charge in [-0.2, -0.15) is 0 Å². The van der Waals surface area contributed by atoms with Crippen LogP contribution in [0.4, 0.5) is 0 Å². The van der Waals surface area contributed by atoms with Crippen molar-refractivity contribution in [1.29, 1.82) is 0 Å². The van der Waals surface area contributed by atoms with E-state index in [4.69, 9.17) is 0 Å². The molecule has 0 aliphatic carbocycles. The van der Waals surface area contributed by atoms with Gasteiger partial charge in [0.05, 0.1) is 4.88 Å². The zero-order chi connectivity index (χ0) is 8.10. The van der Waals surface area contributed by atoms with Gasteiger partial charge in [-0.05, 0) is 11.4 Å². The van der Waals surface area contributed by atoms with Gasteiger partial charge in [0.1, 0.15) is 0 Å².